The third-order valence-electron chi connectivity index (χ3n) is 5.30. The lowest BCUT2D eigenvalue weighted by Crippen LogP contribution is -2.30. The SMILES string of the molecule is O=C(O)CCCCCN1C(=O)C(=O)C(=C(O)c2ccccc2)[C@H]1c1ccc([N+](=O)[O-])cc1. The first kappa shape index (κ1) is 22.7. The number of aliphatic hydroxyl groups is 1. The highest BCUT2D eigenvalue weighted by molar-refractivity contribution is 6.46. The van der Waals surface area contributed by atoms with Crippen LogP contribution in [0.4, 0.5) is 5.69 Å². The Balaban J connectivity index is 1.98. The number of carboxylic acids is 1. The molecule has 0 unspecified atom stereocenters. The summed E-state index contributed by atoms with van der Waals surface area (Å²) < 4.78 is 0. The Bertz CT molecular complexity index is 1060. The van der Waals surface area contributed by atoms with E-state index in [2.05, 4.69) is 0 Å². The minimum absolute atomic E-state index is 0.0125. The predicted molar refractivity (Wildman–Crippen MR) is 115 cm³/mol. The van der Waals surface area contributed by atoms with E-state index >= 15 is 0 Å². The predicted octanol–water partition coefficient (Wildman–Crippen LogP) is 3.66. The van der Waals surface area contributed by atoms with E-state index in [-0.39, 0.29) is 30.0 Å². The van der Waals surface area contributed by atoms with Gasteiger partial charge in [-0.25, -0.2) is 0 Å². The summed E-state index contributed by atoms with van der Waals surface area (Å²) in [5, 5.41) is 30.7. The van der Waals surface area contributed by atoms with Gasteiger partial charge in [0.2, 0.25) is 0 Å². The zero-order valence-electron chi connectivity index (χ0n) is 17.1. The van der Waals surface area contributed by atoms with Gasteiger partial charge in [0, 0.05) is 30.7 Å². The Morgan fingerprint density at radius 1 is 0.969 bits per heavy atom. The van der Waals surface area contributed by atoms with Gasteiger partial charge >= 0.3 is 5.97 Å². The van der Waals surface area contributed by atoms with E-state index in [4.69, 9.17) is 5.11 Å². The highest BCUT2D eigenvalue weighted by Gasteiger charge is 2.45. The van der Waals surface area contributed by atoms with Crippen molar-refractivity contribution >= 4 is 29.1 Å². The molecule has 1 aliphatic rings. The van der Waals surface area contributed by atoms with E-state index in [0.29, 0.717) is 30.4 Å². The van der Waals surface area contributed by atoms with E-state index in [9.17, 15) is 29.6 Å². The standard InChI is InChI=1S/C23H22N2O7/c26-18(27)9-5-2-6-14-24-20(15-10-12-17(13-11-15)25(31)32)19(22(29)23(24)30)21(28)16-7-3-1-4-8-16/h1,3-4,7-8,10-13,20,28H,2,5-6,9,14H2,(H,26,27)/t20-/m1/s1. The summed E-state index contributed by atoms with van der Waals surface area (Å²) in [6, 6.07) is 12.9. The molecule has 0 spiro atoms. The summed E-state index contributed by atoms with van der Waals surface area (Å²) in [5.74, 6) is -2.83. The molecule has 9 nitrogen and oxygen atoms in total. The largest absolute Gasteiger partial charge is 0.507 e. The lowest BCUT2D eigenvalue weighted by atomic mass is 9.95. The molecule has 1 fully saturated rings. The van der Waals surface area contributed by atoms with Crippen LogP contribution in [-0.4, -0.2) is 44.2 Å². The Labute approximate surface area is 183 Å². The topological polar surface area (TPSA) is 138 Å². The van der Waals surface area contributed by atoms with Crippen LogP contribution in [0.3, 0.4) is 0 Å². The van der Waals surface area contributed by atoms with Crippen LogP contribution in [-0.2, 0) is 14.4 Å². The van der Waals surface area contributed by atoms with Gasteiger partial charge in [0.1, 0.15) is 5.76 Å². The Morgan fingerprint density at radius 3 is 2.22 bits per heavy atom. The molecule has 0 radical (unpaired) electrons. The second-order valence-electron chi connectivity index (χ2n) is 7.41. The van der Waals surface area contributed by atoms with Crippen LogP contribution in [0.2, 0.25) is 0 Å². The number of hydrogen-bond acceptors (Lipinski definition) is 6. The monoisotopic (exact) mass is 438 g/mol. The number of rotatable bonds is 9. The molecule has 1 atom stereocenters. The van der Waals surface area contributed by atoms with Crippen molar-refractivity contribution in [1.82, 2.24) is 4.90 Å². The number of amides is 1. The molecular weight excluding hydrogens is 416 g/mol. The van der Waals surface area contributed by atoms with E-state index < -0.39 is 28.6 Å². The van der Waals surface area contributed by atoms with Gasteiger partial charge in [-0.05, 0) is 30.5 Å². The lowest BCUT2D eigenvalue weighted by molar-refractivity contribution is -0.384. The summed E-state index contributed by atoms with van der Waals surface area (Å²) in [6.45, 7) is 0.178. The minimum atomic E-state index is -0.907. The molecule has 0 bridgehead atoms. The summed E-state index contributed by atoms with van der Waals surface area (Å²) in [7, 11) is 0. The van der Waals surface area contributed by atoms with Crippen LogP contribution in [0.15, 0.2) is 60.2 Å². The van der Waals surface area contributed by atoms with Crippen molar-refractivity contribution in [3.8, 4) is 0 Å². The molecule has 3 rings (SSSR count). The number of carbonyl (C=O) groups is 3. The van der Waals surface area contributed by atoms with Crippen molar-refractivity contribution in [1.29, 1.82) is 0 Å². The van der Waals surface area contributed by atoms with Crippen molar-refractivity contribution < 1.29 is 29.5 Å². The van der Waals surface area contributed by atoms with E-state index in [1.165, 1.54) is 29.2 Å². The molecule has 2 aromatic carbocycles. The number of carbonyl (C=O) groups excluding carboxylic acids is 2. The Morgan fingerprint density at radius 2 is 1.62 bits per heavy atom. The quantitative estimate of drug-likeness (QED) is 0.152. The molecule has 0 aromatic heterocycles. The first-order valence-electron chi connectivity index (χ1n) is 10.1. The van der Waals surface area contributed by atoms with Gasteiger partial charge in [0.15, 0.2) is 0 Å². The number of nitrogens with zero attached hydrogens (tertiary/aromatic N) is 2. The highest BCUT2D eigenvalue weighted by Crippen LogP contribution is 2.39. The smallest absolute Gasteiger partial charge is 0.303 e. The van der Waals surface area contributed by atoms with Crippen molar-refractivity contribution in [3.63, 3.8) is 0 Å². The third-order valence-corrected chi connectivity index (χ3v) is 5.30. The average molecular weight is 438 g/mol. The van der Waals surface area contributed by atoms with Gasteiger partial charge in [-0.2, -0.15) is 0 Å². The number of nitro groups is 1. The molecular formula is C23H22N2O7. The van der Waals surface area contributed by atoms with E-state index in [0.717, 1.165) is 0 Å². The number of ketones is 1. The van der Waals surface area contributed by atoms with Crippen molar-refractivity contribution in [2.24, 2.45) is 0 Å². The van der Waals surface area contributed by atoms with Crippen LogP contribution in [0.25, 0.3) is 5.76 Å². The number of Topliss-reactive ketones (excluding diaryl/α,β-unsaturated/α-hetero) is 1. The fraction of sp³-hybridized carbons (Fsp3) is 0.261. The maximum absolute atomic E-state index is 12.9. The molecule has 0 aliphatic carbocycles. The zero-order valence-corrected chi connectivity index (χ0v) is 17.1. The molecule has 1 amide bonds. The number of benzene rings is 2. The van der Waals surface area contributed by atoms with E-state index in [1.54, 1.807) is 30.3 Å². The molecule has 9 heteroatoms. The summed E-state index contributed by atoms with van der Waals surface area (Å²) in [5.41, 5.74) is 0.611. The zero-order chi connectivity index (χ0) is 23.3. The number of carboxylic acid groups (broad SMARTS) is 1. The van der Waals surface area contributed by atoms with Gasteiger partial charge in [-0.1, -0.05) is 36.8 Å². The van der Waals surface area contributed by atoms with Crippen molar-refractivity contribution in [2.45, 2.75) is 31.7 Å². The summed E-state index contributed by atoms with van der Waals surface area (Å²) in [4.78, 5) is 48.2. The first-order valence-corrected chi connectivity index (χ1v) is 10.1. The number of unbranched alkanes of at least 4 members (excludes halogenated alkanes) is 2. The van der Waals surface area contributed by atoms with Crippen LogP contribution in [0.1, 0.15) is 42.9 Å². The van der Waals surface area contributed by atoms with Gasteiger partial charge in [0.05, 0.1) is 16.5 Å². The van der Waals surface area contributed by atoms with Gasteiger partial charge in [0.25, 0.3) is 17.4 Å². The minimum Gasteiger partial charge on any atom is -0.507 e. The maximum Gasteiger partial charge on any atom is 0.303 e. The number of non-ortho nitro benzene ring substituents is 1. The van der Waals surface area contributed by atoms with Crippen molar-refractivity contribution in [3.05, 3.63) is 81.4 Å². The van der Waals surface area contributed by atoms with Crippen LogP contribution in [0.5, 0.6) is 0 Å². The Hall–Kier alpha value is -4.01. The van der Waals surface area contributed by atoms with Gasteiger partial charge in [-0.3, -0.25) is 24.5 Å². The fourth-order valence-electron chi connectivity index (χ4n) is 3.72. The van der Waals surface area contributed by atoms with Gasteiger partial charge < -0.3 is 15.1 Å². The second kappa shape index (κ2) is 9.86. The molecule has 2 N–H and O–H groups in total. The van der Waals surface area contributed by atoms with Crippen LogP contribution >= 0.6 is 0 Å². The number of likely N-dealkylation sites (tertiary alicyclic amines) is 1. The fourth-order valence-corrected chi connectivity index (χ4v) is 3.72. The second-order valence-corrected chi connectivity index (χ2v) is 7.41. The summed E-state index contributed by atoms with van der Waals surface area (Å²) in [6.07, 6.45) is 1.46. The third kappa shape index (κ3) is 4.83. The number of hydrogen-bond donors (Lipinski definition) is 2. The maximum atomic E-state index is 12.9. The summed E-state index contributed by atoms with van der Waals surface area (Å²) >= 11 is 0. The molecule has 2 aromatic rings. The molecule has 32 heavy (non-hydrogen) atoms. The molecule has 1 heterocycles. The normalized spacial score (nSPS) is 17.5. The molecule has 1 aliphatic heterocycles. The van der Waals surface area contributed by atoms with Crippen LogP contribution in [0, 0.1) is 10.1 Å². The average Bonchev–Trinajstić information content (AvgIpc) is 3.03. The van der Waals surface area contributed by atoms with E-state index in [1.807, 2.05) is 0 Å². The number of aliphatic hydroxyl groups excluding tert-OH is 1. The molecule has 1 saturated heterocycles. The number of nitro benzene ring substituents is 1. The molecule has 0 saturated carbocycles. The van der Waals surface area contributed by atoms with Gasteiger partial charge in [-0.15, -0.1) is 0 Å². The first-order chi connectivity index (χ1) is 15.3. The highest BCUT2D eigenvalue weighted by atomic mass is 16.6. The number of aliphatic carboxylic acids is 1. The molecule has 166 valence electrons. The van der Waals surface area contributed by atoms with Crippen LogP contribution < -0.4 is 0 Å². The van der Waals surface area contributed by atoms with Crippen molar-refractivity contribution in [2.75, 3.05) is 6.54 Å². The Kier molecular flexibility index (Phi) is 6.99. The lowest BCUT2D eigenvalue weighted by Gasteiger charge is -2.25.